The monoisotopic (exact) mass is 275 g/mol. The normalized spacial score (nSPS) is 27.3. The Balaban J connectivity index is 1.71. The predicted molar refractivity (Wildman–Crippen MR) is 80.4 cm³/mol. The van der Waals surface area contributed by atoms with Gasteiger partial charge in [-0.3, -0.25) is 0 Å². The van der Waals surface area contributed by atoms with Crippen LogP contribution in [0.5, 0.6) is 11.5 Å². The van der Waals surface area contributed by atoms with Crippen molar-refractivity contribution in [2.75, 3.05) is 13.7 Å². The van der Waals surface area contributed by atoms with Crippen LogP contribution >= 0.6 is 0 Å². The summed E-state index contributed by atoms with van der Waals surface area (Å²) in [4.78, 5) is 0. The first-order valence-corrected chi connectivity index (χ1v) is 7.82. The van der Waals surface area contributed by atoms with E-state index in [1.54, 1.807) is 7.11 Å². The third-order valence-electron chi connectivity index (χ3n) is 5.09. The van der Waals surface area contributed by atoms with Gasteiger partial charge in [0.2, 0.25) is 0 Å². The lowest BCUT2D eigenvalue weighted by Crippen LogP contribution is -2.63. The fraction of sp³-hybridized carbons (Fsp3) is 0.647. The van der Waals surface area contributed by atoms with Gasteiger partial charge in [-0.1, -0.05) is 25.8 Å². The summed E-state index contributed by atoms with van der Waals surface area (Å²) in [7, 11) is 1.70. The molecule has 20 heavy (non-hydrogen) atoms. The molecule has 3 heteroatoms. The Morgan fingerprint density at radius 3 is 2.70 bits per heavy atom. The van der Waals surface area contributed by atoms with E-state index in [4.69, 9.17) is 9.47 Å². The van der Waals surface area contributed by atoms with Gasteiger partial charge in [0.1, 0.15) is 17.6 Å². The van der Waals surface area contributed by atoms with E-state index in [2.05, 4.69) is 12.2 Å². The third-order valence-corrected chi connectivity index (χ3v) is 5.09. The lowest BCUT2D eigenvalue weighted by atomic mass is 9.60. The van der Waals surface area contributed by atoms with Crippen molar-refractivity contribution in [1.82, 2.24) is 5.32 Å². The van der Waals surface area contributed by atoms with Crippen molar-refractivity contribution in [3.05, 3.63) is 24.3 Å². The molecule has 0 radical (unpaired) electrons. The molecule has 2 saturated carbocycles. The first-order valence-electron chi connectivity index (χ1n) is 7.82. The molecule has 1 spiro atoms. The lowest BCUT2D eigenvalue weighted by Gasteiger charge is -2.54. The van der Waals surface area contributed by atoms with Gasteiger partial charge in [0.05, 0.1) is 7.11 Å². The Labute approximate surface area is 121 Å². The summed E-state index contributed by atoms with van der Waals surface area (Å²) in [5.41, 5.74) is 0.374. The molecule has 0 heterocycles. The van der Waals surface area contributed by atoms with E-state index in [-0.39, 0.29) is 0 Å². The Hall–Kier alpha value is -1.22. The summed E-state index contributed by atoms with van der Waals surface area (Å²) in [6.07, 6.45) is 6.80. The molecule has 0 bridgehead atoms. The van der Waals surface area contributed by atoms with Crippen molar-refractivity contribution in [3.8, 4) is 11.5 Å². The summed E-state index contributed by atoms with van der Waals surface area (Å²) >= 11 is 0. The molecule has 0 amide bonds. The van der Waals surface area contributed by atoms with Crippen LogP contribution in [-0.4, -0.2) is 25.8 Å². The molecular weight excluding hydrogens is 250 g/mol. The third kappa shape index (κ3) is 2.28. The molecule has 2 aliphatic carbocycles. The fourth-order valence-corrected chi connectivity index (χ4v) is 3.99. The zero-order valence-electron chi connectivity index (χ0n) is 12.5. The Kier molecular flexibility index (Phi) is 3.88. The van der Waals surface area contributed by atoms with E-state index < -0.39 is 0 Å². The average molecular weight is 275 g/mol. The molecule has 0 aliphatic heterocycles. The van der Waals surface area contributed by atoms with Crippen LogP contribution in [0.2, 0.25) is 0 Å². The minimum atomic E-state index is 0.362. The zero-order chi connectivity index (χ0) is 14.0. The highest BCUT2D eigenvalue weighted by molar-refractivity contribution is 5.33. The predicted octanol–water partition coefficient (Wildman–Crippen LogP) is 3.38. The number of benzene rings is 1. The number of hydrogen-bond donors (Lipinski definition) is 1. The first-order chi connectivity index (χ1) is 9.78. The SMILES string of the molecule is CCNC1CC(Oc2cccc(OC)c2)C12CCCC2. The molecule has 2 aliphatic rings. The Morgan fingerprint density at radius 2 is 2.00 bits per heavy atom. The molecule has 2 atom stereocenters. The van der Waals surface area contributed by atoms with Crippen molar-refractivity contribution in [2.45, 2.75) is 51.2 Å². The van der Waals surface area contributed by atoms with Crippen molar-refractivity contribution < 1.29 is 9.47 Å². The highest BCUT2D eigenvalue weighted by Gasteiger charge is 2.57. The van der Waals surface area contributed by atoms with Crippen LogP contribution in [0.3, 0.4) is 0 Å². The fourth-order valence-electron chi connectivity index (χ4n) is 3.99. The zero-order valence-corrected chi connectivity index (χ0v) is 12.5. The number of hydrogen-bond acceptors (Lipinski definition) is 3. The van der Waals surface area contributed by atoms with Gasteiger partial charge >= 0.3 is 0 Å². The van der Waals surface area contributed by atoms with Crippen LogP contribution in [0.1, 0.15) is 39.0 Å². The standard InChI is InChI=1S/C17H25NO2/c1-3-18-15-12-16(17(15)9-4-5-10-17)20-14-8-6-7-13(11-14)19-2/h6-8,11,15-16,18H,3-5,9-10,12H2,1-2H3. The van der Waals surface area contributed by atoms with Crippen molar-refractivity contribution in [3.63, 3.8) is 0 Å². The highest BCUT2D eigenvalue weighted by Crippen LogP contribution is 2.54. The number of ether oxygens (including phenoxy) is 2. The Morgan fingerprint density at radius 1 is 1.25 bits per heavy atom. The van der Waals surface area contributed by atoms with Crippen LogP contribution in [0.25, 0.3) is 0 Å². The molecule has 3 nitrogen and oxygen atoms in total. The first kappa shape index (κ1) is 13.7. The molecule has 110 valence electrons. The second kappa shape index (κ2) is 5.65. The van der Waals surface area contributed by atoms with Crippen LogP contribution in [0.15, 0.2) is 24.3 Å². The van der Waals surface area contributed by atoms with Gasteiger partial charge in [-0.2, -0.15) is 0 Å². The average Bonchev–Trinajstić information content (AvgIpc) is 2.99. The van der Waals surface area contributed by atoms with E-state index >= 15 is 0 Å². The van der Waals surface area contributed by atoms with E-state index in [0.29, 0.717) is 17.6 Å². The van der Waals surface area contributed by atoms with E-state index in [1.165, 1.54) is 25.7 Å². The second-order valence-corrected chi connectivity index (χ2v) is 6.07. The lowest BCUT2D eigenvalue weighted by molar-refractivity contribution is -0.0756. The second-order valence-electron chi connectivity index (χ2n) is 6.07. The minimum absolute atomic E-state index is 0.362. The number of rotatable bonds is 5. The van der Waals surface area contributed by atoms with Gasteiger partial charge in [-0.25, -0.2) is 0 Å². The molecule has 2 unspecified atom stereocenters. The van der Waals surface area contributed by atoms with Crippen LogP contribution in [-0.2, 0) is 0 Å². The van der Waals surface area contributed by atoms with Gasteiger partial charge in [-0.15, -0.1) is 0 Å². The molecular formula is C17H25NO2. The molecule has 1 N–H and O–H groups in total. The van der Waals surface area contributed by atoms with Crippen molar-refractivity contribution in [1.29, 1.82) is 0 Å². The molecule has 1 aromatic rings. The van der Waals surface area contributed by atoms with Gasteiger partial charge in [0.25, 0.3) is 0 Å². The van der Waals surface area contributed by atoms with Gasteiger partial charge < -0.3 is 14.8 Å². The molecule has 0 saturated heterocycles. The van der Waals surface area contributed by atoms with Crippen LogP contribution < -0.4 is 14.8 Å². The smallest absolute Gasteiger partial charge is 0.123 e. The van der Waals surface area contributed by atoms with Crippen molar-refractivity contribution >= 4 is 0 Å². The number of nitrogens with one attached hydrogen (secondary N) is 1. The molecule has 3 rings (SSSR count). The largest absolute Gasteiger partial charge is 0.497 e. The van der Waals surface area contributed by atoms with E-state index in [9.17, 15) is 0 Å². The summed E-state index contributed by atoms with van der Waals surface area (Å²) < 4.78 is 11.6. The summed E-state index contributed by atoms with van der Waals surface area (Å²) in [6.45, 7) is 3.25. The van der Waals surface area contributed by atoms with Crippen molar-refractivity contribution in [2.24, 2.45) is 5.41 Å². The van der Waals surface area contributed by atoms with Gasteiger partial charge in [-0.05, 0) is 31.5 Å². The van der Waals surface area contributed by atoms with Gasteiger partial charge in [0, 0.05) is 23.9 Å². The van der Waals surface area contributed by atoms with Crippen LogP contribution in [0.4, 0.5) is 0 Å². The number of methoxy groups -OCH3 is 1. The quantitative estimate of drug-likeness (QED) is 0.893. The van der Waals surface area contributed by atoms with E-state index in [1.807, 2.05) is 24.3 Å². The molecule has 0 aromatic heterocycles. The summed E-state index contributed by atoms with van der Waals surface area (Å²) in [5.74, 6) is 1.81. The summed E-state index contributed by atoms with van der Waals surface area (Å²) in [6, 6.07) is 8.62. The summed E-state index contributed by atoms with van der Waals surface area (Å²) in [5, 5.41) is 3.65. The topological polar surface area (TPSA) is 30.5 Å². The van der Waals surface area contributed by atoms with E-state index in [0.717, 1.165) is 24.5 Å². The molecule has 2 fully saturated rings. The van der Waals surface area contributed by atoms with Crippen LogP contribution in [0, 0.1) is 5.41 Å². The maximum absolute atomic E-state index is 6.29. The Bertz CT molecular complexity index is 454. The minimum Gasteiger partial charge on any atom is -0.497 e. The van der Waals surface area contributed by atoms with Gasteiger partial charge in [0.15, 0.2) is 0 Å². The maximum atomic E-state index is 6.29. The highest BCUT2D eigenvalue weighted by atomic mass is 16.5. The molecule has 1 aromatic carbocycles. The maximum Gasteiger partial charge on any atom is 0.123 e.